The van der Waals surface area contributed by atoms with Crippen LogP contribution < -0.4 is 0 Å². The molecule has 64 valence electrons. The molecule has 0 heterocycles. The van der Waals surface area contributed by atoms with E-state index in [1.165, 1.54) is 18.2 Å². The molecule has 0 bridgehead atoms. The highest BCUT2D eigenvalue weighted by molar-refractivity contribution is 6.34. The Morgan fingerprint density at radius 2 is 2.25 bits per heavy atom. The molecule has 0 aliphatic heterocycles. The Balaban J connectivity index is 3.16. The Labute approximate surface area is 75.2 Å². The Kier molecular flexibility index (Phi) is 2.82. The minimum Gasteiger partial charge on any atom is -0.294 e. The minimum absolute atomic E-state index is 0.0793. The molecule has 0 saturated heterocycles. The number of Topliss-reactive ketones (excluding diaryl/α,β-unsaturated/α-hetero) is 1. The van der Waals surface area contributed by atoms with Gasteiger partial charge in [-0.2, -0.15) is 0 Å². The zero-order valence-corrected chi connectivity index (χ0v) is 7.36. The first-order valence-corrected chi connectivity index (χ1v) is 4.01. The molecule has 3 heteroatoms. The van der Waals surface area contributed by atoms with Gasteiger partial charge in [-0.1, -0.05) is 24.6 Å². The fourth-order valence-electron chi connectivity index (χ4n) is 0.910. The van der Waals surface area contributed by atoms with Gasteiger partial charge in [0.1, 0.15) is 5.82 Å². The Bertz CT molecular complexity index is 309. The zero-order valence-electron chi connectivity index (χ0n) is 6.60. The van der Waals surface area contributed by atoms with Crippen LogP contribution in [0.1, 0.15) is 23.7 Å². The summed E-state index contributed by atoms with van der Waals surface area (Å²) >= 11 is 5.57. The van der Waals surface area contributed by atoms with Crippen LogP contribution in [0.2, 0.25) is 5.02 Å². The van der Waals surface area contributed by atoms with Crippen molar-refractivity contribution in [1.29, 1.82) is 0 Å². The number of ketones is 1. The van der Waals surface area contributed by atoms with E-state index < -0.39 is 5.82 Å². The molecule has 1 nitrogen and oxygen atoms in total. The van der Waals surface area contributed by atoms with Gasteiger partial charge in [-0.15, -0.1) is 0 Å². The van der Waals surface area contributed by atoms with Gasteiger partial charge >= 0.3 is 0 Å². The molecule has 1 rings (SSSR count). The van der Waals surface area contributed by atoms with Crippen LogP contribution in [-0.4, -0.2) is 5.78 Å². The van der Waals surface area contributed by atoms with Crippen molar-refractivity contribution in [3.05, 3.63) is 34.6 Å². The van der Waals surface area contributed by atoms with E-state index in [1.54, 1.807) is 6.92 Å². The van der Waals surface area contributed by atoms with Gasteiger partial charge in [0.15, 0.2) is 5.78 Å². The van der Waals surface area contributed by atoms with E-state index in [1.807, 2.05) is 0 Å². The van der Waals surface area contributed by atoms with Crippen LogP contribution in [0, 0.1) is 5.82 Å². The summed E-state index contributed by atoms with van der Waals surface area (Å²) in [6.45, 7) is 1.71. The summed E-state index contributed by atoms with van der Waals surface area (Å²) in [5.74, 6) is -0.685. The van der Waals surface area contributed by atoms with Crippen LogP contribution in [0.4, 0.5) is 4.39 Å². The van der Waals surface area contributed by atoms with Gasteiger partial charge < -0.3 is 0 Å². The van der Waals surface area contributed by atoms with Crippen molar-refractivity contribution < 1.29 is 9.18 Å². The molecule has 0 atom stereocenters. The molecule has 1 aromatic rings. The fourth-order valence-corrected chi connectivity index (χ4v) is 1.14. The first-order valence-electron chi connectivity index (χ1n) is 3.64. The topological polar surface area (TPSA) is 17.1 Å². The van der Waals surface area contributed by atoms with Crippen molar-refractivity contribution in [2.75, 3.05) is 0 Å². The van der Waals surface area contributed by atoms with Crippen molar-refractivity contribution in [2.45, 2.75) is 13.3 Å². The number of hydrogen-bond acceptors (Lipinski definition) is 1. The second kappa shape index (κ2) is 3.68. The van der Waals surface area contributed by atoms with Crippen LogP contribution >= 0.6 is 11.6 Å². The number of benzene rings is 1. The number of rotatable bonds is 2. The van der Waals surface area contributed by atoms with Crippen LogP contribution in [0.5, 0.6) is 0 Å². The molecule has 0 aromatic heterocycles. The Morgan fingerprint density at radius 3 is 2.83 bits per heavy atom. The van der Waals surface area contributed by atoms with Crippen molar-refractivity contribution in [3.63, 3.8) is 0 Å². The lowest BCUT2D eigenvalue weighted by atomic mass is 10.1. The molecule has 0 radical (unpaired) electrons. The highest BCUT2D eigenvalue weighted by Gasteiger charge is 2.10. The molecule has 0 amide bonds. The number of carbonyl (C=O) groups is 1. The summed E-state index contributed by atoms with van der Waals surface area (Å²) in [7, 11) is 0. The van der Waals surface area contributed by atoms with E-state index in [-0.39, 0.29) is 16.4 Å². The third kappa shape index (κ3) is 1.64. The predicted octanol–water partition coefficient (Wildman–Crippen LogP) is 3.07. The maximum absolute atomic E-state index is 12.8. The lowest BCUT2D eigenvalue weighted by molar-refractivity contribution is 0.0988. The van der Waals surface area contributed by atoms with E-state index in [0.29, 0.717) is 6.42 Å². The molecular weight excluding hydrogens is 179 g/mol. The highest BCUT2D eigenvalue weighted by Crippen LogP contribution is 2.20. The highest BCUT2D eigenvalue weighted by atomic mass is 35.5. The molecule has 12 heavy (non-hydrogen) atoms. The quantitative estimate of drug-likeness (QED) is 0.649. The predicted molar refractivity (Wildman–Crippen MR) is 46.0 cm³/mol. The van der Waals surface area contributed by atoms with Crippen molar-refractivity contribution in [3.8, 4) is 0 Å². The maximum Gasteiger partial charge on any atom is 0.164 e. The summed E-state index contributed by atoms with van der Waals surface area (Å²) in [6, 6.07) is 4.23. The molecule has 0 unspecified atom stereocenters. The smallest absolute Gasteiger partial charge is 0.164 e. The van der Waals surface area contributed by atoms with Crippen LogP contribution in [0.25, 0.3) is 0 Å². The van der Waals surface area contributed by atoms with Crippen molar-refractivity contribution in [2.24, 2.45) is 0 Å². The van der Waals surface area contributed by atoms with Crippen LogP contribution in [0.15, 0.2) is 18.2 Å². The number of hydrogen-bond donors (Lipinski definition) is 0. The second-order valence-electron chi connectivity index (χ2n) is 2.38. The number of halogens is 2. The molecule has 0 fully saturated rings. The summed E-state index contributed by atoms with van der Waals surface area (Å²) in [6.07, 6.45) is 0.336. The normalized spacial score (nSPS) is 9.92. The van der Waals surface area contributed by atoms with Gasteiger partial charge in [0.25, 0.3) is 0 Å². The monoisotopic (exact) mass is 186 g/mol. The van der Waals surface area contributed by atoms with Gasteiger partial charge in [0, 0.05) is 12.0 Å². The van der Waals surface area contributed by atoms with Gasteiger partial charge in [0.2, 0.25) is 0 Å². The van der Waals surface area contributed by atoms with Crippen LogP contribution in [0.3, 0.4) is 0 Å². The minimum atomic E-state index is -0.545. The molecule has 0 N–H and O–H groups in total. The van der Waals surface area contributed by atoms with Gasteiger partial charge in [-0.25, -0.2) is 4.39 Å². The van der Waals surface area contributed by atoms with Crippen LogP contribution in [-0.2, 0) is 0 Å². The molecule has 1 aromatic carbocycles. The average Bonchev–Trinajstić information content (AvgIpc) is 2.08. The van der Waals surface area contributed by atoms with E-state index in [2.05, 4.69) is 0 Å². The van der Waals surface area contributed by atoms with E-state index in [0.717, 1.165) is 0 Å². The Morgan fingerprint density at radius 1 is 1.58 bits per heavy atom. The van der Waals surface area contributed by atoms with E-state index in [4.69, 9.17) is 11.6 Å². The molecular formula is C9H8ClFO. The van der Waals surface area contributed by atoms with E-state index >= 15 is 0 Å². The molecule has 0 saturated carbocycles. The summed E-state index contributed by atoms with van der Waals surface area (Å²) in [5, 5.41) is -0.0793. The van der Waals surface area contributed by atoms with E-state index in [9.17, 15) is 9.18 Å². The fraction of sp³-hybridized carbons (Fsp3) is 0.222. The third-order valence-electron chi connectivity index (χ3n) is 1.57. The first kappa shape index (κ1) is 9.20. The van der Waals surface area contributed by atoms with Crippen molar-refractivity contribution in [1.82, 2.24) is 0 Å². The SMILES string of the molecule is CCC(=O)c1cccc(F)c1Cl. The van der Waals surface area contributed by atoms with Gasteiger partial charge in [0.05, 0.1) is 5.02 Å². The second-order valence-corrected chi connectivity index (χ2v) is 2.76. The number of carbonyl (C=O) groups excluding carboxylic acids is 1. The summed E-state index contributed by atoms with van der Waals surface area (Å²) in [4.78, 5) is 11.1. The largest absolute Gasteiger partial charge is 0.294 e. The van der Waals surface area contributed by atoms with Crippen molar-refractivity contribution >= 4 is 17.4 Å². The summed E-state index contributed by atoms with van der Waals surface area (Å²) in [5.41, 5.74) is 0.263. The summed E-state index contributed by atoms with van der Waals surface area (Å²) < 4.78 is 12.8. The molecule has 0 aliphatic rings. The molecule has 0 spiro atoms. The standard InChI is InChI=1S/C9H8ClFO/c1-2-8(12)6-4-3-5-7(11)9(6)10/h3-5H,2H2,1H3. The lowest BCUT2D eigenvalue weighted by Crippen LogP contribution is -1.98. The maximum atomic E-state index is 12.8. The Hall–Kier alpha value is -0.890. The van der Waals surface area contributed by atoms with Gasteiger partial charge in [-0.05, 0) is 12.1 Å². The third-order valence-corrected chi connectivity index (χ3v) is 1.96. The first-order chi connectivity index (χ1) is 5.66. The molecule has 0 aliphatic carbocycles. The van der Waals surface area contributed by atoms with Gasteiger partial charge in [-0.3, -0.25) is 4.79 Å². The average molecular weight is 187 g/mol. The lowest BCUT2D eigenvalue weighted by Gasteiger charge is -2.00. The zero-order chi connectivity index (χ0) is 9.14.